The number of amides is 1. The second-order valence-corrected chi connectivity index (χ2v) is 4.37. The topological polar surface area (TPSA) is 83.0 Å². The van der Waals surface area contributed by atoms with Crippen molar-refractivity contribution in [1.82, 2.24) is 15.0 Å². The Bertz CT molecular complexity index is 389. The predicted octanol–water partition coefficient (Wildman–Crippen LogP) is 1.20. The number of hydrogen-bond acceptors (Lipinski definition) is 4. The molecule has 1 aromatic heterocycles. The molecule has 0 bridgehead atoms. The summed E-state index contributed by atoms with van der Waals surface area (Å²) >= 11 is 0. The number of carbonyl (C=O) groups excluding carboxylic acids is 1. The molecular weight excluding hydrogens is 232 g/mol. The second kappa shape index (κ2) is 7.10. The molecule has 0 aliphatic heterocycles. The fourth-order valence-electron chi connectivity index (χ4n) is 1.88. The maximum atomic E-state index is 11.0. The molecule has 0 aliphatic carbocycles. The van der Waals surface area contributed by atoms with E-state index in [-0.39, 0.29) is 12.5 Å². The molecule has 1 aromatic rings. The van der Waals surface area contributed by atoms with E-state index in [1.54, 1.807) is 7.11 Å². The summed E-state index contributed by atoms with van der Waals surface area (Å²) in [7, 11) is 1.63. The Hall–Kier alpha value is -1.43. The fraction of sp³-hybridized carbons (Fsp3) is 0.750. The maximum absolute atomic E-state index is 11.0. The lowest BCUT2D eigenvalue weighted by molar-refractivity contribution is -0.117. The zero-order chi connectivity index (χ0) is 13.5. The molecular formula is C12H22N4O2. The summed E-state index contributed by atoms with van der Waals surface area (Å²) in [5, 5.41) is 8.13. The van der Waals surface area contributed by atoms with Crippen LogP contribution in [0.5, 0.6) is 0 Å². The van der Waals surface area contributed by atoms with E-state index in [1.807, 2.05) is 11.6 Å². The Morgan fingerprint density at radius 2 is 2.22 bits per heavy atom. The number of aryl methyl sites for hydroxylation is 1. The van der Waals surface area contributed by atoms with Crippen molar-refractivity contribution in [1.29, 1.82) is 0 Å². The number of nitrogens with two attached hydrogens (primary N) is 1. The highest BCUT2D eigenvalue weighted by Crippen LogP contribution is 2.19. The summed E-state index contributed by atoms with van der Waals surface area (Å²) in [6.45, 7) is 4.86. The number of hydrogen-bond donors (Lipinski definition) is 1. The molecule has 0 saturated heterocycles. The summed E-state index contributed by atoms with van der Waals surface area (Å²) in [5.41, 5.74) is 6.68. The van der Waals surface area contributed by atoms with Gasteiger partial charge in [0.15, 0.2) is 0 Å². The van der Waals surface area contributed by atoms with Crippen LogP contribution in [0.15, 0.2) is 0 Å². The van der Waals surface area contributed by atoms with Crippen molar-refractivity contribution in [2.45, 2.75) is 52.2 Å². The zero-order valence-electron chi connectivity index (χ0n) is 11.3. The van der Waals surface area contributed by atoms with Gasteiger partial charge in [-0.05, 0) is 13.3 Å². The molecule has 102 valence electrons. The molecule has 6 nitrogen and oxygen atoms in total. The van der Waals surface area contributed by atoms with E-state index in [2.05, 4.69) is 17.2 Å². The second-order valence-electron chi connectivity index (χ2n) is 4.37. The highest BCUT2D eigenvalue weighted by molar-refractivity contribution is 5.76. The van der Waals surface area contributed by atoms with Crippen LogP contribution in [0.1, 0.15) is 50.6 Å². The van der Waals surface area contributed by atoms with Gasteiger partial charge >= 0.3 is 0 Å². The number of ether oxygens (including phenoxy) is 1. The van der Waals surface area contributed by atoms with Crippen molar-refractivity contribution < 1.29 is 9.53 Å². The van der Waals surface area contributed by atoms with Crippen molar-refractivity contribution in [2.75, 3.05) is 7.11 Å². The molecule has 2 N–H and O–H groups in total. The van der Waals surface area contributed by atoms with Gasteiger partial charge in [-0.25, -0.2) is 4.68 Å². The first-order valence-corrected chi connectivity index (χ1v) is 6.33. The maximum Gasteiger partial charge on any atom is 0.223 e. The Balaban J connectivity index is 2.88. The monoisotopic (exact) mass is 254 g/mol. The third kappa shape index (κ3) is 3.80. The minimum atomic E-state index is -0.403. The Labute approximate surface area is 107 Å². The first-order valence-electron chi connectivity index (χ1n) is 6.33. The van der Waals surface area contributed by atoms with Crippen molar-refractivity contribution in [3.05, 3.63) is 11.4 Å². The summed E-state index contributed by atoms with van der Waals surface area (Å²) in [6, 6.07) is 0. The molecule has 6 heteroatoms. The van der Waals surface area contributed by atoms with Crippen LogP contribution in [-0.4, -0.2) is 28.0 Å². The van der Waals surface area contributed by atoms with E-state index in [0.717, 1.165) is 31.5 Å². The van der Waals surface area contributed by atoms with Gasteiger partial charge in [0.2, 0.25) is 5.91 Å². The van der Waals surface area contributed by atoms with Crippen molar-refractivity contribution >= 4 is 5.91 Å². The highest BCUT2D eigenvalue weighted by atomic mass is 16.5. The number of methoxy groups -OCH3 is 1. The molecule has 0 spiro atoms. The predicted molar refractivity (Wildman–Crippen MR) is 67.9 cm³/mol. The van der Waals surface area contributed by atoms with E-state index in [1.165, 1.54) is 0 Å². The average molecular weight is 254 g/mol. The average Bonchev–Trinajstić information content (AvgIpc) is 2.71. The number of aromatic nitrogens is 3. The van der Waals surface area contributed by atoms with Gasteiger partial charge in [-0.1, -0.05) is 25.0 Å². The molecule has 1 rings (SSSR count). The standard InChI is InChI=1S/C12H22N4O2/c1-4-5-6-7-16-12(9(2)18-3)10(14-15-16)8-11(13)17/h9H,4-8H2,1-3H3,(H2,13,17). The number of nitrogens with zero attached hydrogens (tertiary/aromatic N) is 3. The third-order valence-corrected chi connectivity index (χ3v) is 2.90. The summed E-state index contributed by atoms with van der Waals surface area (Å²) < 4.78 is 7.13. The lowest BCUT2D eigenvalue weighted by atomic mass is 10.1. The molecule has 0 radical (unpaired) electrons. The van der Waals surface area contributed by atoms with Crippen LogP contribution < -0.4 is 5.73 Å². The number of rotatable bonds is 8. The van der Waals surface area contributed by atoms with E-state index in [4.69, 9.17) is 10.5 Å². The van der Waals surface area contributed by atoms with Gasteiger partial charge in [0.25, 0.3) is 0 Å². The van der Waals surface area contributed by atoms with E-state index >= 15 is 0 Å². The zero-order valence-corrected chi connectivity index (χ0v) is 11.3. The largest absolute Gasteiger partial charge is 0.375 e. The van der Waals surface area contributed by atoms with Crippen LogP contribution in [0.2, 0.25) is 0 Å². The van der Waals surface area contributed by atoms with Crippen molar-refractivity contribution in [3.8, 4) is 0 Å². The molecule has 0 saturated carbocycles. The van der Waals surface area contributed by atoms with Gasteiger partial charge in [0, 0.05) is 13.7 Å². The number of primary amides is 1. The molecule has 1 atom stereocenters. The lowest BCUT2D eigenvalue weighted by Gasteiger charge is -2.13. The Kier molecular flexibility index (Phi) is 5.77. The SMILES string of the molecule is CCCCCn1nnc(CC(N)=O)c1C(C)OC. The van der Waals surface area contributed by atoms with Crippen LogP contribution in [0.3, 0.4) is 0 Å². The Morgan fingerprint density at radius 3 is 2.78 bits per heavy atom. The minimum Gasteiger partial charge on any atom is -0.375 e. The Morgan fingerprint density at radius 1 is 1.50 bits per heavy atom. The third-order valence-electron chi connectivity index (χ3n) is 2.90. The molecule has 0 fully saturated rings. The highest BCUT2D eigenvalue weighted by Gasteiger charge is 2.19. The first-order chi connectivity index (χ1) is 8.60. The number of carbonyl (C=O) groups is 1. The first kappa shape index (κ1) is 14.6. The molecule has 0 aromatic carbocycles. The fourth-order valence-corrected chi connectivity index (χ4v) is 1.88. The van der Waals surface area contributed by atoms with Gasteiger partial charge in [-0.2, -0.15) is 0 Å². The van der Waals surface area contributed by atoms with Crippen LogP contribution in [0.25, 0.3) is 0 Å². The lowest BCUT2D eigenvalue weighted by Crippen LogP contribution is -2.17. The molecule has 0 aliphatic rings. The summed E-state index contributed by atoms with van der Waals surface area (Å²) in [6.07, 6.45) is 3.30. The molecule has 1 unspecified atom stereocenters. The van der Waals surface area contributed by atoms with Gasteiger partial charge in [0.1, 0.15) is 0 Å². The quantitative estimate of drug-likeness (QED) is 0.707. The number of unbranched alkanes of at least 4 members (excludes halogenated alkanes) is 2. The normalized spacial score (nSPS) is 12.6. The van der Waals surface area contributed by atoms with E-state index < -0.39 is 5.91 Å². The molecule has 1 amide bonds. The van der Waals surface area contributed by atoms with Crippen LogP contribution in [0.4, 0.5) is 0 Å². The van der Waals surface area contributed by atoms with Crippen LogP contribution in [0, 0.1) is 0 Å². The van der Waals surface area contributed by atoms with Gasteiger partial charge in [-0.15, -0.1) is 5.10 Å². The van der Waals surface area contributed by atoms with Gasteiger partial charge in [-0.3, -0.25) is 4.79 Å². The van der Waals surface area contributed by atoms with Crippen LogP contribution in [-0.2, 0) is 22.5 Å². The van der Waals surface area contributed by atoms with Crippen molar-refractivity contribution in [2.24, 2.45) is 5.73 Å². The molecule has 1 heterocycles. The van der Waals surface area contributed by atoms with Gasteiger partial charge in [0.05, 0.1) is 23.9 Å². The molecule has 18 heavy (non-hydrogen) atoms. The van der Waals surface area contributed by atoms with E-state index in [0.29, 0.717) is 5.69 Å². The van der Waals surface area contributed by atoms with Crippen molar-refractivity contribution in [3.63, 3.8) is 0 Å². The summed E-state index contributed by atoms with van der Waals surface area (Å²) in [5.74, 6) is -0.403. The van der Waals surface area contributed by atoms with E-state index in [9.17, 15) is 4.79 Å². The summed E-state index contributed by atoms with van der Waals surface area (Å²) in [4.78, 5) is 11.0. The minimum absolute atomic E-state index is 0.108. The smallest absolute Gasteiger partial charge is 0.223 e. The van der Waals surface area contributed by atoms with Crippen LogP contribution >= 0.6 is 0 Å². The van der Waals surface area contributed by atoms with Gasteiger partial charge < -0.3 is 10.5 Å².